The Labute approximate surface area is 166 Å². The van der Waals surface area contributed by atoms with Gasteiger partial charge in [-0.15, -0.1) is 6.58 Å². The normalized spacial score (nSPS) is 12.7. The van der Waals surface area contributed by atoms with Crippen molar-refractivity contribution in [1.82, 2.24) is 0 Å². The zero-order chi connectivity index (χ0) is 19.4. The van der Waals surface area contributed by atoms with Crippen LogP contribution in [0, 0.1) is 0 Å². The standard InChI is InChI=1S/C24H34O2Si/c1-4-6-7-8-15-21-25-27(26-22(3)16-5-2,23-17-11-9-12-18-23)24-19-13-10-14-20-24/h5,9-14,17-20,22H,2,4,6-8,15-16,21H2,1,3H3. The minimum atomic E-state index is -2.76. The van der Waals surface area contributed by atoms with Gasteiger partial charge in [0, 0.05) is 12.7 Å². The van der Waals surface area contributed by atoms with Gasteiger partial charge in [0.1, 0.15) is 0 Å². The van der Waals surface area contributed by atoms with Crippen LogP contribution in [-0.2, 0) is 8.85 Å². The molecule has 3 heteroatoms. The maximum absolute atomic E-state index is 6.72. The minimum absolute atomic E-state index is 0.0645. The molecule has 0 aliphatic rings. The van der Waals surface area contributed by atoms with Gasteiger partial charge >= 0.3 is 8.56 Å². The Hall–Kier alpha value is -1.68. The summed E-state index contributed by atoms with van der Waals surface area (Å²) >= 11 is 0. The molecule has 0 aliphatic carbocycles. The fraction of sp³-hybridized carbons (Fsp3) is 0.417. The lowest BCUT2D eigenvalue weighted by Crippen LogP contribution is -2.64. The first-order valence-electron chi connectivity index (χ1n) is 10.3. The van der Waals surface area contributed by atoms with Crippen LogP contribution in [0.1, 0.15) is 52.4 Å². The van der Waals surface area contributed by atoms with Gasteiger partial charge in [0.25, 0.3) is 0 Å². The molecule has 0 saturated carbocycles. The van der Waals surface area contributed by atoms with Crippen LogP contribution in [0.2, 0.25) is 0 Å². The largest absolute Gasteiger partial charge is 0.407 e. The monoisotopic (exact) mass is 382 g/mol. The molecule has 146 valence electrons. The number of hydrogen-bond donors (Lipinski definition) is 0. The molecule has 2 aromatic carbocycles. The molecule has 0 radical (unpaired) electrons. The molecule has 0 spiro atoms. The van der Waals surface area contributed by atoms with Crippen LogP contribution < -0.4 is 10.4 Å². The van der Waals surface area contributed by atoms with Crippen molar-refractivity contribution >= 4 is 18.9 Å². The van der Waals surface area contributed by atoms with Crippen LogP contribution in [0.4, 0.5) is 0 Å². The minimum Gasteiger partial charge on any atom is -0.388 e. The molecule has 0 saturated heterocycles. The van der Waals surface area contributed by atoms with Crippen LogP contribution in [-0.4, -0.2) is 21.3 Å². The molecule has 0 N–H and O–H groups in total. The fourth-order valence-corrected chi connectivity index (χ4v) is 6.67. The average molecular weight is 383 g/mol. The molecule has 2 aromatic rings. The van der Waals surface area contributed by atoms with Crippen LogP contribution in [0.25, 0.3) is 0 Å². The second-order valence-electron chi connectivity index (χ2n) is 7.06. The third-order valence-corrected chi connectivity index (χ3v) is 8.26. The van der Waals surface area contributed by atoms with Crippen molar-refractivity contribution in [1.29, 1.82) is 0 Å². The highest BCUT2D eigenvalue weighted by Gasteiger charge is 2.43. The van der Waals surface area contributed by atoms with Crippen molar-refractivity contribution in [2.45, 2.75) is 58.5 Å². The number of rotatable bonds is 13. The second-order valence-corrected chi connectivity index (χ2v) is 9.98. The molecule has 0 aliphatic heterocycles. The highest BCUT2D eigenvalue weighted by molar-refractivity contribution is 6.92. The summed E-state index contributed by atoms with van der Waals surface area (Å²) in [7, 11) is -2.76. The van der Waals surface area contributed by atoms with Gasteiger partial charge in [-0.25, -0.2) is 0 Å². The summed E-state index contributed by atoms with van der Waals surface area (Å²) in [5.74, 6) is 0. The van der Waals surface area contributed by atoms with E-state index in [1.54, 1.807) is 0 Å². The maximum atomic E-state index is 6.72. The highest BCUT2D eigenvalue weighted by Crippen LogP contribution is 2.16. The smallest absolute Gasteiger partial charge is 0.388 e. The van der Waals surface area contributed by atoms with Crippen molar-refractivity contribution < 1.29 is 8.85 Å². The van der Waals surface area contributed by atoms with Gasteiger partial charge in [-0.2, -0.15) is 0 Å². The predicted octanol–water partition coefficient (Wildman–Crippen LogP) is 5.21. The molecular formula is C24H34O2Si. The fourth-order valence-electron chi connectivity index (χ4n) is 3.31. The van der Waals surface area contributed by atoms with Crippen LogP contribution in [0.3, 0.4) is 0 Å². The summed E-state index contributed by atoms with van der Waals surface area (Å²) in [6, 6.07) is 21.0. The van der Waals surface area contributed by atoms with Crippen LogP contribution >= 0.6 is 0 Å². The van der Waals surface area contributed by atoms with E-state index >= 15 is 0 Å². The van der Waals surface area contributed by atoms with Crippen molar-refractivity contribution in [3.8, 4) is 0 Å². The first-order chi connectivity index (χ1) is 13.2. The van der Waals surface area contributed by atoms with E-state index in [9.17, 15) is 0 Å². The van der Waals surface area contributed by atoms with E-state index in [1.165, 1.54) is 36.1 Å². The predicted molar refractivity (Wildman–Crippen MR) is 118 cm³/mol. The summed E-state index contributed by atoms with van der Waals surface area (Å²) < 4.78 is 13.4. The molecule has 0 heterocycles. The van der Waals surface area contributed by atoms with E-state index in [4.69, 9.17) is 8.85 Å². The summed E-state index contributed by atoms with van der Waals surface area (Å²) in [5.41, 5.74) is 0. The van der Waals surface area contributed by atoms with Gasteiger partial charge in [-0.3, -0.25) is 0 Å². The molecule has 2 rings (SSSR count). The van der Waals surface area contributed by atoms with Gasteiger partial charge in [-0.1, -0.05) is 99.3 Å². The highest BCUT2D eigenvalue weighted by atomic mass is 28.4. The van der Waals surface area contributed by atoms with E-state index in [2.05, 4.69) is 69.0 Å². The van der Waals surface area contributed by atoms with E-state index in [0.717, 1.165) is 19.4 Å². The quantitative estimate of drug-likeness (QED) is 0.269. The Kier molecular flexibility index (Phi) is 9.53. The molecule has 0 amide bonds. The molecule has 1 unspecified atom stereocenters. The van der Waals surface area contributed by atoms with Crippen molar-refractivity contribution in [2.24, 2.45) is 0 Å². The SMILES string of the molecule is C=CCC(C)O[Si](OCCCCCCC)(c1ccccc1)c1ccccc1. The van der Waals surface area contributed by atoms with Crippen LogP contribution in [0.15, 0.2) is 73.3 Å². The first-order valence-corrected chi connectivity index (χ1v) is 12.1. The van der Waals surface area contributed by atoms with Crippen LogP contribution in [0.5, 0.6) is 0 Å². The summed E-state index contributed by atoms with van der Waals surface area (Å²) in [4.78, 5) is 0. The average Bonchev–Trinajstić information content (AvgIpc) is 2.71. The maximum Gasteiger partial charge on any atom is 0.407 e. The Morgan fingerprint density at radius 3 is 1.96 bits per heavy atom. The van der Waals surface area contributed by atoms with E-state index in [-0.39, 0.29) is 6.10 Å². The third-order valence-electron chi connectivity index (χ3n) is 4.73. The Balaban J connectivity index is 2.29. The summed E-state index contributed by atoms with van der Waals surface area (Å²) in [6.07, 6.45) is 8.92. The molecule has 27 heavy (non-hydrogen) atoms. The van der Waals surface area contributed by atoms with E-state index < -0.39 is 8.56 Å². The number of hydrogen-bond acceptors (Lipinski definition) is 2. The Morgan fingerprint density at radius 2 is 1.44 bits per heavy atom. The summed E-state index contributed by atoms with van der Waals surface area (Å²) in [5, 5.41) is 2.33. The summed E-state index contributed by atoms with van der Waals surface area (Å²) in [6.45, 7) is 8.97. The van der Waals surface area contributed by atoms with Gasteiger partial charge in [0.2, 0.25) is 0 Å². The topological polar surface area (TPSA) is 18.5 Å². The number of benzene rings is 2. The zero-order valence-electron chi connectivity index (χ0n) is 16.9. The van der Waals surface area contributed by atoms with Gasteiger partial charge < -0.3 is 8.85 Å². The lowest BCUT2D eigenvalue weighted by atomic mass is 10.2. The lowest BCUT2D eigenvalue weighted by Gasteiger charge is -2.34. The lowest BCUT2D eigenvalue weighted by molar-refractivity contribution is 0.141. The molecular weight excluding hydrogens is 348 g/mol. The van der Waals surface area contributed by atoms with Crippen molar-refractivity contribution in [3.05, 3.63) is 73.3 Å². The van der Waals surface area contributed by atoms with E-state index in [0.29, 0.717) is 0 Å². The van der Waals surface area contributed by atoms with Crippen molar-refractivity contribution in [3.63, 3.8) is 0 Å². The van der Waals surface area contributed by atoms with E-state index in [1.807, 2.05) is 18.2 Å². The van der Waals surface area contributed by atoms with Gasteiger partial charge in [0.15, 0.2) is 0 Å². The molecule has 2 nitrogen and oxygen atoms in total. The third kappa shape index (κ3) is 6.45. The van der Waals surface area contributed by atoms with Gasteiger partial charge in [0.05, 0.1) is 0 Å². The first kappa shape index (κ1) is 21.6. The molecule has 0 bridgehead atoms. The molecule has 1 atom stereocenters. The van der Waals surface area contributed by atoms with Crippen molar-refractivity contribution in [2.75, 3.05) is 6.61 Å². The molecule has 0 aromatic heterocycles. The zero-order valence-corrected chi connectivity index (χ0v) is 17.9. The Bertz CT molecular complexity index is 602. The number of unbranched alkanes of at least 4 members (excludes halogenated alkanes) is 4. The Morgan fingerprint density at radius 1 is 0.889 bits per heavy atom. The van der Waals surface area contributed by atoms with Gasteiger partial charge in [-0.05, 0) is 30.1 Å². The second kappa shape index (κ2) is 11.9. The molecule has 0 fully saturated rings.